The van der Waals surface area contributed by atoms with Crippen molar-refractivity contribution < 1.29 is 31.5 Å². The van der Waals surface area contributed by atoms with Gasteiger partial charge < -0.3 is 15.7 Å². The molecule has 3 N–H and O–H groups in total. The van der Waals surface area contributed by atoms with Gasteiger partial charge in [-0.15, -0.1) is 0 Å². The molecule has 4 rings (SSSR count). The normalized spacial score (nSPS) is 17.6. The third-order valence-electron chi connectivity index (χ3n) is 7.52. The lowest BCUT2D eigenvalue weighted by Gasteiger charge is -2.41. The number of hydrogen-bond acceptors (Lipinski definition) is 6. The first-order valence-corrected chi connectivity index (χ1v) is 14.5. The second-order valence-corrected chi connectivity index (χ2v) is 12.2. The first-order chi connectivity index (χ1) is 18.9. The molecule has 0 saturated carbocycles. The fourth-order valence-corrected chi connectivity index (χ4v) is 5.96. The summed E-state index contributed by atoms with van der Waals surface area (Å²) in [5.41, 5.74) is 7.86. The van der Waals surface area contributed by atoms with Crippen LogP contribution in [0.1, 0.15) is 51.5 Å². The number of rotatable bonds is 8. The van der Waals surface area contributed by atoms with Crippen LogP contribution in [0.4, 0.5) is 18.9 Å². The van der Waals surface area contributed by atoms with Gasteiger partial charge in [-0.2, -0.15) is 13.2 Å². The largest absolute Gasteiger partial charge is 0.416 e. The van der Waals surface area contributed by atoms with E-state index in [1.807, 2.05) is 7.05 Å². The van der Waals surface area contributed by atoms with Crippen LogP contribution < -0.4 is 10.6 Å². The summed E-state index contributed by atoms with van der Waals surface area (Å²) in [7, 11) is -1.48. The van der Waals surface area contributed by atoms with E-state index in [2.05, 4.69) is 9.80 Å². The van der Waals surface area contributed by atoms with E-state index in [1.165, 1.54) is 24.3 Å². The number of halogens is 3. The number of primary amides is 1. The molecule has 1 unspecified atom stereocenters. The highest BCUT2D eigenvalue weighted by molar-refractivity contribution is 7.91. The van der Waals surface area contributed by atoms with Crippen LogP contribution >= 0.6 is 0 Å². The maximum Gasteiger partial charge on any atom is 0.416 e. The van der Waals surface area contributed by atoms with Gasteiger partial charge in [-0.1, -0.05) is 31.2 Å². The zero-order valence-electron chi connectivity index (χ0n) is 22.2. The van der Waals surface area contributed by atoms with E-state index in [0.29, 0.717) is 30.8 Å². The van der Waals surface area contributed by atoms with Crippen LogP contribution in [0.2, 0.25) is 0 Å². The van der Waals surface area contributed by atoms with Crippen LogP contribution in [0.3, 0.4) is 0 Å². The van der Waals surface area contributed by atoms with Crippen LogP contribution in [-0.2, 0) is 16.0 Å². The van der Waals surface area contributed by atoms with E-state index in [9.17, 15) is 31.5 Å². The lowest BCUT2D eigenvalue weighted by Crippen LogP contribution is -2.46. The van der Waals surface area contributed by atoms with Crippen molar-refractivity contribution in [2.75, 3.05) is 43.9 Å². The van der Waals surface area contributed by atoms with E-state index < -0.39 is 33.4 Å². The number of sulfone groups is 1. The number of aliphatic hydroxyl groups is 1. The van der Waals surface area contributed by atoms with Crippen LogP contribution in [0, 0.1) is 0 Å². The Kier molecular flexibility index (Phi) is 8.57. The number of hydrogen-bond donors (Lipinski definition) is 2. The summed E-state index contributed by atoms with van der Waals surface area (Å²) in [4.78, 5) is 16.7. The molecule has 1 saturated heterocycles. The maximum absolute atomic E-state index is 13.1. The molecule has 40 heavy (non-hydrogen) atoms. The van der Waals surface area contributed by atoms with Gasteiger partial charge in [0.05, 0.1) is 28.9 Å². The van der Waals surface area contributed by atoms with Crippen molar-refractivity contribution in [3.8, 4) is 0 Å². The number of alkyl halides is 3. The van der Waals surface area contributed by atoms with Crippen LogP contribution in [0.25, 0.3) is 0 Å². The maximum atomic E-state index is 13.1. The first-order valence-electron chi connectivity index (χ1n) is 12.9. The van der Waals surface area contributed by atoms with E-state index in [4.69, 9.17) is 5.73 Å². The Hall–Kier alpha value is -3.41. The number of nitrogens with zero attached hydrogens (tertiary/aromatic N) is 2. The van der Waals surface area contributed by atoms with E-state index >= 15 is 0 Å². The molecule has 2 atom stereocenters. The Morgan fingerprint density at radius 3 is 2.25 bits per heavy atom. The van der Waals surface area contributed by atoms with Crippen molar-refractivity contribution in [3.05, 3.63) is 94.5 Å². The van der Waals surface area contributed by atoms with E-state index in [-0.39, 0.29) is 28.9 Å². The standard InChI is InChI=1S/C29H32F3N3O4S/c1-3-40(38,39)23-11-6-19(7-12-23)26(18-36)25-16-22(10-13-24(25)28(33)37)35-15-14-34(2)27(17-35)20-4-8-21(9-5-20)29(30,31)32/h4-13,16,26-27,36H,3,14-15,17-18H2,1-2H3,(H2,33,37)/t26-,27?/m1/s1. The molecule has 1 aliphatic heterocycles. The molecule has 7 nitrogen and oxygen atoms in total. The van der Waals surface area contributed by atoms with Crippen molar-refractivity contribution in [2.45, 2.75) is 30.0 Å². The highest BCUT2D eigenvalue weighted by Gasteiger charge is 2.32. The molecule has 0 aromatic heterocycles. The van der Waals surface area contributed by atoms with Gasteiger partial charge in [0.1, 0.15) is 0 Å². The molecular formula is C29H32F3N3O4S. The van der Waals surface area contributed by atoms with Gasteiger partial charge in [0.25, 0.3) is 0 Å². The number of nitrogens with two attached hydrogens (primary N) is 1. The summed E-state index contributed by atoms with van der Waals surface area (Å²) < 4.78 is 63.6. The Balaban J connectivity index is 1.66. The van der Waals surface area contributed by atoms with Crippen LogP contribution in [0.15, 0.2) is 71.6 Å². The number of amides is 1. The number of piperazine rings is 1. The van der Waals surface area contributed by atoms with Crippen molar-refractivity contribution in [3.63, 3.8) is 0 Å². The van der Waals surface area contributed by atoms with Crippen LogP contribution in [0.5, 0.6) is 0 Å². The Morgan fingerprint density at radius 2 is 1.70 bits per heavy atom. The van der Waals surface area contributed by atoms with Gasteiger partial charge in [0.2, 0.25) is 5.91 Å². The third-order valence-corrected chi connectivity index (χ3v) is 9.27. The molecule has 1 fully saturated rings. The first kappa shape index (κ1) is 29.6. The summed E-state index contributed by atoms with van der Waals surface area (Å²) in [6.07, 6.45) is -4.41. The Morgan fingerprint density at radius 1 is 1.05 bits per heavy atom. The van der Waals surface area contributed by atoms with E-state index in [1.54, 1.807) is 37.3 Å². The van der Waals surface area contributed by atoms with Gasteiger partial charge in [-0.3, -0.25) is 9.69 Å². The summed E-state index contributed by atoms with van der Waals surface area (Å²) in [6, 6.07) is 16.4. The molecule has 0 spiro atoms. The number of likely N-dealkylation sites (N-methyl/N-ethyl adjacent to an activating group) is 1. The lowest BCUT2D eigenvalue weighted by molar-refractivity contribution is -0.137. The quantitative estimate of drug-likeness (QED) is 0.417. The minimum Gasteiger partial charge on any atom is -0.395 e. The molecular weight excluding hydrogens is 543 g/mol. The molecule has 11 heteroatoms. The highest BCUT2D eigenvalue weighted by Crippen LogP contribution is 2.35. The van der Waals surface area contributed by atoms with Gasteiger partial charge in [-0.25, -0.2) is 8.42 Å². The van der Waals surface area contributed by atoms with Crippen molar-refractivity contribution in [2.24, 2.45) is 5.73 Å². The summed E-state index contributed by atoms with van der Waals surface area (Å²) in [6.45, 7) is 2.99. The Bertz CT molecular complexity index is 1460. The lowest BCUT2D eigenvalue weighted by atomic mass is 9.87. The zero-order valence-corrected chi connectivity index (χ0v) is 23.0. The number of carbonyl (C=O) groups excluding carboxylic acids is 1. The van der Waals surface area contributed by atoms with Gasteiger partial charge >= 0.3 is 6.18 Å². The number of aliphatic hydroxyl groups excluding tert-OH is 1. The molecule has 3 aromatic carbocycles. The minimum atomic E-state index is -4.41. The number of benzene rings is 3. The third kappa shape index (κ3) is 6.16. The zero-order chi connectivity index (χ0) is 29.2. The molecule has 214 valence electrons. The van der Waals surface area contributed by atoms with Crippen molar-refractivity contribution in [1.29, 1.82) is 0 Å². The fourth-order valence-electron chi connectivity index (χ4n) is 5.08. The van der Waals surface area contributed by atoms with E-state index in [0.717, 1.165) is 23.4 Å². The molecule has 1 aliphatic rings. The Labute approximate surface area is 231 Å². The van der Waals surface area contributed by atoms with Gasteiger partial charge in [-0.05, 0) is 66.2 Å². The topological polar surface area (TPSA) is 104 Å². The van der Waals surface area contributed by atoms with Crippen LogP contribution in [-0.4, -0.2) is 63.4 Å². The molecule has 0 aliphatic carbocycles. The number of carbonyl (C=O) groups is 1. The van der Waals surface area contributed by atoms with Gasteiger partial charge in [0, 0.05) is 36.8 Å². The predicted octanol–water partition coefficient (Wildman–Crippen LogP) is 4.22. The highest BCUT2D eigenvalue weighted by atomic mass is 32.2. The molecule has 1 amide bonds. The summed E-state index contributed by atoms with van der Waals surface area (Å²) in [5, 5.41) is 10.4. The molecule has 0 bridgehead atoms. The molecule has 0 radical (unpaired) electrons. The average Bonchev–Trinajstić information content (AvgIpc) is 2.93. The smallest absolute Gasteiger partial charge is 0.395 e. The summed E-state index contributed by atoms with van der Waals surface area (Å²) in [5.74, 6) is -1.34. The minimum absolute atomic E-state index is 0.0395. The molecule has 3 aromatic rings. The predicted molar refractivity (Wildman–Crippen MR) is 147 cm³/mol. The molecule has 1 heterocycles. The summed E-state index contributed by atoms with van der Waals surface area (Å²) >= 11 is 0. The monoisotopic (exact) mass is 575 g/mol. The fraction of sp³-hybridized carbons (Fsp3) is 0.345. The second kappa shape index (κ2) is 11.6. The number of anilines is 1. The SMILES string of the molecule is CCS(=O)(=O)c1ccc([C@@H](CO)c2cc(N3CCN(C)C(c4ccc(C(F)(F)F)cc4)C3)ccc2C(N)=O)cc1. The van der Waals surface area contributed by atoms with Crippen molar-refractivity contribution in [1.82, 2.24) is 4.90 Å². The van der Waals surface area contributed by atoms with Gasteiger partial charge in [0.15, 0.2) is 9.84 Å². The van der Waals surface area contributed by atoms with Crippen molar-refractivity contribution >= 4 is 21.4 Å². The average molecular weight is 576 g/mol. The second-order valence-electron chi connectivity index (χ2n) is 9.91.